The average molecular weight is 386 g/mol. The molecule has 0 saturated carbocycles. The zero-order valence-corrected chi connectivity index (χ0v) is 17.3. The van der Waals surface area contributed by atoms with E-state index in [1.807, 2.05) is 37.1 Å². The van der Waals surface area contributed by atoms with Crippen LogP contribution in [0.1, 0.15) is 47.8 Å². The fourth-order valence-corrected chi connectivity index (χ4v) is 4.23. The van der Waals surface area contributed by atoms with E-state index in [4.69, 9.17) is 4.74 Å². The second-order valence-corrected chi connectivity index (χ2v) is 7.65. The summed E-state index contributed by atoms with van der Waals surface area (Å²) >= 11 is 1.54. The van der Waals surface area contributed by atoms with Crippen LogP contribution in [0.25, 0.3) is 0 Å². The number of benzene rings is 1. The van der Waals surface area contributed by atoms with Gasteiger partial charge in [-0.15, -0.1) is 0 Å². The van der Waals surface area contributed by atoms with Gasteiger partial charge in [0.15, 0.2) is 5.16 Å². The lowest BCUT2D eigenvalue weighted by atomic mass is 10.0. The Morgan fingerprint density at radius 1 is 1.22 bits per heavy atom. The molecule has 5 nitrogen and oxygen atoms in total. The molecule has 0 aliphatic carbocycles. The average Bonchev–Trinajstić information content (AvgIpc) is 3.17. The summed E-state index contributed by atoms with van der Waals surface area (Å²) in [6, 6.07) is 8.23. The van der Waals surface area contributed by atoms with Crippen molar-refractivity contribution < 1.29 is 9.53 Å². The first-order valence-electron chi connectivity index (χ1n) is 9.35. The minimum absolute atomic E-state index is 0.167. The molecule has 1 unspecified atom stereocenters. The van der Waals surface area contributed by atoms with Crippen LogP contribution in [0.2, 0.25) is 0 Å². The summed E-state index contributed by atoms with van der Waals surface area (Å²) in [6.07, 6.45) is 5.23. The van der Waals surface area contributed by atoms with Crippen molar-refractivity contribution in [3.05, 3.63) is 46.8 Å². The van der Waals surface area contributed by atoms with Crippen molar-refractivity contribution in [2.24, 2.45) is 0 Å². The predicted molar refractivity (Wildman–Crippen MR) is 108 cm³/mol. The summed E-state index contributed by atoms with van der Waals surface area (Å²) in [5, 5.41) is 0.791. The molecule has 1 aromatic heterocycles. The van der Waals surface area contributed by atoms with Gasteiger partial charge < -0.3 is 9.64 Å². The first-order chi connectivity index (χ1) is 13.0. The molecule has 3 rings (SSSR count). The maximum absolute atomic E-state index is 12.9. The summed E-state index contributed by atoms with van der Waals surface area (Å²) in [5.41, 5.74) is 4.24. The largest absolute Gasteiger partial charge is 0.497 e. The molecule has 6 heteroatoms. The van der Waals surface area contributed by atoms with Gasteiger partial charge in [0.25, 0.3) is 0 Å². The minimum atomic E-state index is 0.167. The molecule has 1 amide bonds. The van der Waals surface area contributed by atoms with Crippen molar-refractivity contribution >= 4 is 17.7 Å². The Bertz CT molecular complexity index is 785. The van der Waals surface area contributed by atoms with Crippen molar-refractivity contribution in [3.8, 4) is 5.75 Å². The number of ether oxygens (including phenoxy) is 1. The SMILES string of the molecule is COc1ccc(C2CCCN2C(=O)CCc2c(C)nc(SC)nc2C)cc1. The number of rotatable bonds is 6. The summed E-state index contributed by atoms with van der Waals surface area (Å²) in [6.45, 7) is 4.84. The fourth-order valence-electron chi connectivity index (χ4n) is 3.78. The number of carbonyl (C=O) groups is 1. The first-order valence-corrected chi connectivity index (χ1v) is 10.6. The summed E-state index contributed by atoms with van der Waals surface area (Å²) in [5.74, 6) is 1.05. The summed E-state index contributed by atoms with van der Waals surface area (Å²) in [7, 11) is 1.67. The Balaban J connectivity index is 1.68. The van der Waals surface area contributed by atoms with Gasteiger partial charge in [0.1, 0.15) is 5.75 Å². The lowest BCUT2D eigenvalue weighted by Gasteiger charge is -2.25. The molecular weight excluding hydrogens is 358 g/mol. The number of likely N-dealkylation sites (tertiary alicyclic amines) is 1. The molecule has 0 spiro atoms. The summed E-state index contributed by atoms with van der Waals surface area (Å²) < 4.78 is 5.24. The fraction of sp³-hybridized carbons (Fsp3) is 0.476. The highest BCUT2D eigenvalue weighted by Gasteiger charge is 2.29. The number of hydrogen-bond donors (Lipinski definition) is 0. The molecule has 144 valence electrons. The highest BCUT2D eigenvalue weighted by Crippen LogP contribution is 2.33. The van der Waals surface area contributed by atoms with E-state index >= 15 is 0 Å². The van der Waals surface area contributed by atoms with Gasteiger partial charge in [0.2, 0.25) is 5.91 Å². The smallest absolute Gasteiger partial charge is 0.223 e. The second-order valence-electron chi connectivity index (χ2n) is 6.88. The third-order valence-corrected chi connectivity index (χ3v) is 5.79. The third-order valence-electron chi connectivity index (χ3n) is 5.25. The van der Waals surface area contributed by atoms with Gasteiger partial charge in [-0.1, -0.05) is 23.9 Å². The van der Waals surface area contributed by atoms with E-state index in [9.17, 15) is 4.79 Å². The Morgan fingerprint density at radius 3 is 2.48 bits per heavy atom. The normalized spacial score (nSPS) is 16.6. The van der Waals surface area contributed by atoms with Gasteiger partial charge >= 0.3 is 0 Å². The van der Waals surface area contributed by atoms with E-state index < -0.39 is 0 Å². The molecule has 1 aliphatic heterocycles. The summed E-state index contributed by atoms with van der Waals surface area (Å²) in [4.78, 5) is 24.0. The van der Waals surface area contributed by atoms with Crippen LogP contribution in [0.4, 0.5) is 0 Å². The van der Waals surface area contributed by atoms with Gasteiger partial charge in [-0.3, -0.25) is 4.79 Å². The number of aromatic nitrogens is 2. The van der Waals surface area contributed by atoms with Gasteiger partial charge in [0, 0.05) is 24.4 Å². The number of aryl methyl sites for hydroxylation is 2. The van der Waals surface area contributed by atoms with E-state index in [1.54, 1.807) is 18.9 Å². The Kier molecular flexibility index (Phi) is 6.37. The van der Waals surface area contributed by atoms with Crippen LogP contribution < -0.4 is 4.74 Å². The molecule has 1 aromatic carbocycles. The third kappa shape index (κ3) is 4.43. The first kappa shape index (κ1) is 19.7. The molecule has 1 atom stereocenters. The molecule has 2 heterocycles. The predicted octanol–water partition coefficient (Wildman–Crippen LogP) is 4.12. The molecular formula is C21H27N3O2S. The lowest BCUT2D eigenvalue weighted by Crippen LogP contribution is -2.30. The van der Waals surface area contributed by atoms with E-state index in [0.717, 1.165) is 47.2 Å². The van der Waals surface area contributed by atoms with Crippen LogP contribution in [0.15, 0.2) is 29.4 Å². The molecule has 0 N–H and O–H groups in total. The van der Waals surface area contributed by atoms with Crippen LogP contribution in [0, 0.1) is 13.8 Å². The number of amides is 1. The van der Waals surface area contributed by atoms with E-state index in [2.05, 4.69) is 22.1 Å². The Morgan fingerprint density at radius 2 is 1.89 bits per heavy atom. The molecule has 1 aliphatic rings. The minimum Gasteiger partial charge on any atom is -0.497 e. The zero-order chi connectivity index (χ0) is 19.4. The molecule has 0 bridgehead atoms. The van der Waals surface area contributed by atoms with Gasteiger partial charge in [-0.05, 0) is 62.6 Å². The van der Waals surface area contributed by atoms with E-state index in [1.165, 1.54) is 5.56 Å². The Labute approximate surface area is 165 Å². The highest BCUT2D eigenvalue weighted by atomic mass is 32.2. The van der Waals surface area contributed by atoms with Crippen molar-refractivity contribution in [2.45, 2.75) is 50.7 Å². The van der Waals surface area contributed by atoms with E-state index in [-0.39, 0.29) is 11.9 Å². The number of hydrogen-bond acceptors (Lipinski definition) is 5. The Hall–Kier alpha value is -2.08. The standard InChI is InChI=1S/C21H27N3O2S/c1-14-18(15(2)23-21(22-14)27-4)11-12-20(25)24-13-5-6-19(24)16-7-9-17(26-3)10-8-16/h7-10,19H,5-6,11-13H2,1-4H3. The second kappa shape index (κ2) is 8.74. The number of thioether (sulfide) groups is 1. The highest BCUT2D eigenvalue weighted by molar-refractivity contribution is 7.98. The topological polar surface area (TPSA) is 55.3 Å². The zero-order valence-electron chi connectivity index (χ0n) is 16.5. The van der Waals surface area contributed by atoms with Crippen LogP contribution in [0.3, 0.4) is 0 Å². The van der Waals surface area contributed by atoms with Gasteiger partial charge in [0.05, 0.1) is 13.2 Å². The molecule has 1 saturated heterocycles. The molecule has 1 fully saturated rings. The monoisotopic (exact) mass is 385 g/mol. The van der Waals surface area contributed by atoms with Crippen LogP contribution in [0.5, 0.6) is 5.75 Å². The van der Waals surface area contributed by atoms with E-state index in [0.29, 0.717) is 12.8 Å². The van der Waals surface area contributed by atoms with Crippen molar-refractivity contribution in [2.75, 3.05) is 19.9 Å². The van der Waals surface area contributed by atoms with Crippen molar-refractivity contribution in [1.82, 2.24) is 14.9 Å². The number of methoxy groups -OCH3 is 1. The van der Waals surface area contributed by atoms with Crippen molar-refractivity contribution in [1.29, 1.82) is 0 Å². The molecule has 0 radical (unpaired) electrons. The maximum atomic E-state index is 12.9. The number of carbonyl (C=O) groups excluding carboxylic acids is 1. The number of nitrogens with zero attached hydrogens (tertiary/aromatic N) is 3. The van der Waals surface area contributed by atoms with Crippen LogP contribution in [-0.4, -0.2) is 40.7 Å². The quantitative estimate of drug-likeness (QED) is 0.553. The van der Waals surface area contributed by atoms with Crippen LogP contribution >= 0.6 is 11.8 Å². The maximum Gasteiger partial charge on any atom is 0.223 e. The molecule has 2 aromatic rings. The van der Waals surface area contributed by atoms with Crippen molar-refractivity contribution in [3.63, 3.8) is 0 Å². The lowest BCUT2D eigenvalue weighted by molar-refractivity contribution is -0.132. The molecule has 27 heavy (non-hydrogen) atoms. The van der Waals surface area contributed by atoms with Gasteiger partial charge in [-0.25, -0.2) is 9.97 Å². The van der Waals surface area contributed by atoms with Crippen LogP contribution in [-0.2, 0) is 11.2 Å². The van der Waals surface area contributed by atoms with Gasteiger partial charge in [-0.2, -0.15) is 0 Å².